The summed E-state index contributed by atoms with van der Waals surface area (Å²) >= 11 is 0. The van der Waals surface area contributed by atoms with E-state index in [2.05, 4.69) is 68.4 Å². The molecule has 0 N–H and O–H groups in total. The lowest BCUT2D eigenvalue weighted by molar-refractivity contribution is -0.187. The number of hydrogen-bond donors (Lipinski definition) is 0. The van der Waals surface area contributed by atoms with Gasteiger partial charge in [-0.05, 0) is 77.4 Å². The first-order chi connectivity index (χ1) is 16.3. The van der Waals surface area contributed by atoms with Crippen LogP contribution in [-0.4, -0.2) is 11.6 Å². The molecule has 202 valence electrons. The average Bonchev–Trinajstić information content (AvgIpc) is 2.79. The highest BCUT2D eigenvalue weighted by Gasteiger charge is 2.67. The molecule has 3 rings (SSSR count). The summed E-state index contributed by atoms with van der Waals surface area (Å²) in [5.41, 5.74) is -0.122. The van der Waals surface area contributed by atoms with Gasteiger partial charge in [-0.3, -0.25) is 9.59 Å². The van der Waals surface area contributed by atoms with Gasteiger partial charge >= 0.3 is 0 Å². The van der Waals surface area contributed by atoms with Crippen LogP contribution in [0.15, 0.2) is 11.6 Å². The van der Waals surface area contributed by atoms with Gasteiger partial charge in [-0.25, -0.2) is 0 Å². The molecule has 36 heavy (non-hydrogen) atoms. The lowest BCUT2D eigenvalue weighted by Gasteiger charge is -2.68. The van der Waals surface area contributed by atoms with Crippen molar-refractivity contribution in [1.82, 2.24) is 0 Å². The maximum atomic E-state index is 13.7. The summed E-state index contributed by atoms with van der Waals surface area (Å²) in [4.78, 5) is 26.8. The van der Waals surface area contributed by atoms with Crippen LogP contribution in [0.2, 0.25) is 0 Å². The Kier molecular flexibility index (Phi) is 7.36. The molecule has 3 heteroatoms. The van der Waals surface area contributed by atoms with Crippen LogP contribution in [-0.2, 0) is 9.59 Å². The van der Waals surface area contributed by atoms with Crippen molar-refractivity contribution in [2.75, 3.05) is 0 Å². The van der Waals surface area contributed by atoms with Gasteiger partial charge in [0.05, 0.1) is 5.57 Å². The van der Waals surface area contributed by atoms with Crippen LogP contribution in [0.5, 0.6) is 0 Å². The Bertz CT molecular complexity index is 978. The summed E-state index contributed by atoms with van der Waals surface area (Å²) in [5, 5.41) is 9.85. The highest BCUT2D eigenvalue weighted by atomic mass is 16.1. The molecule has 0 aromatic rings. The summed E-state index contributed by atoms with van der Waals surface area (Å²) in [6.07, 6.45) is 10.4. The third kappa shape index (κ3) is 4.43. The summed E-state index contributed by atoms with van der Waals surface area (Å²) in [7, 11) is 0. The molecule has 3 aliphatic carbocycles. The predicted octanol–water partition coefficient (Wildman–Crippen LogP) is 8.72. The highest BCUT2D eigenvalue weighted by molar-refractivity contribution is 6.04. The standard InChI is InChI=1S/C33H53NO2/c1-12-28(3,4)15-16-29(5,6)17-18-32(10)22(2)24(35)19-26-31(9)20-23(21-34)27(36)30(7,8)25(31)13-14-33(26,32)11/h20,22,25-26H,12-19H2,1-11H3/t22?,25-,26+,31-,32+,33+/m0/s1. The normalized spacial score (nSPS) is 38.6. The van der Waals surface area contributed by atoms with Crippen LogP contribution >= 0.6 is 0 Å². The Morgan fingerprint density at radius 2 is 1.56 bits per heavy atom. The zero-order chi connectivity index (χ0) is 27.5. The van der Waals surface area contributed by atoms with Gasteiger partial charge in [0.1, 0.15) is 11.9 Å². The number of carbonyl (C=O) groups excluding carboxylic acids is 2. The molecule has 0 spiro atoms. The Balaban J connectivity index is 1.99. The first-order valence-corrected chi connectivity index (χ1v) is 14.5. The second-order valence-electron chi connectivity index (χ2n) is 15.6. The van der Waals surface area contributed by atoms with Gasteiger partial charge in [-0.1, -0.05) is 88.7 Å². The summed E-state index contributed by atoms with van der Waals surface area (Å²) in [6, 6.07) is 2.22. The molecule has 2 saturated carbocycles. The zero-order valence-electron chi connectivity index (χ0n) is 25.2. The minimum Gasteiger partial charge on any atom is -0.299 e. The third-order valence-corrected chi connectivity index (χ3v) is 12.4. The van der Waals surface area contributed by atoms with Crippen molar-refractivity contribution < 1.29 is 9.59 Å². The van der Waals surface area contributed by atoms with Crippen molar-refractivity contribution in [2.45, 2.75) is 128 Å². The number of hydrogen-bond acceptors (Lipinski definition) is 3. The van der Waals surface area contributed by atoms with Crippen molar-refractivity contribution in [3.63, 3.8) is 0 Å². The second kappa shape index (κ2) is 9.10. The average molecular weight is 496 g/mol. The molecule has 1 unspecified atom stereocenters. The molecular weight excluding hydrogens is 442 g/mol. The Morgan fingerprint density at radius 3 is 2.11 bits per heavy atom. The fourth-order valence-corrected chi connectivity index (χ4v) is 8.60. The number of rotatable bonds is 7. The number of fused-ring (bicyclic) bond motifs is 3. The number of Topliss-reactive ketones (excluding diaryl/α,β-unsaturated/α-hetero) is 2. The van der Waals surface area contributed by atoms with Crippen molar-refractivity contribution in [3.05, 3.63) is 11.6 Å². The van der Waals surface area contributed by atoms with Crippen LogP contribution in [0.3, 0.4) is 0 Å². The molecule has 0 aliphatic heterocycles. The van der Waals surface area contributed by atoms with E-state index in [9.17, 15) is 14.9 Å². The first kappa shape index (κ1) is 29.1. The monoisotopic (exact) mass is 495 g/mol. The number of nitriles is 1. The first-order valence-electron chi connectivity index (χ1n) is 14.5. The number of ketones is 2. The molecule has 3 nitrogen and oxygen atoms in total. The minimum atomic E-state index is -0.577. The lowest BCUT2D eigenvalue weighted by atomic mass is 9.35. The van der Waals surface area contributed by atoms with E-state index in [0.717, 1.165) is 25.7 Å². The van der Waals surface area contributed by atoms with Crippen LogP contribution in [0.25, 0.3) is 0 Å². The maximum Gasteiger partial charge on any atom is 0.178 e. The fourth-order valence-electron chi connectivity index (χ4n) is 8.60. The van der Waals surface area contributed by atoms with Gasteiger partial charge in [-0.2, -0.15) is 5.26 Å². The summed E-state index contributed by atoms with van der Waals surface area (Å²) in [5.74, 6) is 0.681. The van der Waals surface area contributed by atoms with E-state index >= 15 is 0 Å². The molecule has 0 amide bonds. The lowest BCUT2D eigenvalue weighted by Crippen LogP contribution is -2.64. The van der Waals surface area contributed by atoms with E-state index in [-0.39, 0.29) is 45.2 Å². The second-order valence-corrected chi connectivity index (χ2v) is 15.6. The van der Waals surface area contributed by atoms with Gasteiger partial charge in [-0.15, -0.1) is 0 Å². The molecule has 0 heterocycles. The topological polar surface area (TPSA) is 57.9 Å². The van der Waals surface area contributed by atoms with Crippen molar-refractivity contribution >= 4 is 11.6 Å². The van der Waals surface area contributed by atoms with Crippen LogP contribution in [0.1, 0.15) is 128 Å². The molecule has 0 saturated heterocycles. The van der Waals surface area contributed by atoms with E-state index in [0.29, 0.717) is 23.2 Å². The van der Waals surface area contributed by atoms with E-state index in [4.69, 9.17) is 0 Å². The molecule has 2 fully saturated rings. The largest absolute Gasteiger partial charge is 0.299 e. The molecule has 6 atom stereocenters. The fraction of sp³-hybridized carbons (Fsp3) is 0.848. The Morgan fingerprint density at radius 1 is 0.972 bits per heavy atom. The molecule has 0 bridgehead atoms. The van der Waals surface area contributed by atoms with E-state index in [1.807, 2.05) is 19.9 Å². The summed E-state index contributed by atoms with van der Waals surface area (Å²) in [6.45, 7) is 25.2. The van der Waals surface area contributed by atoms with E-state index in [1.54, 1.807) is 0 Å². The molecular formula is C33H53NO2. The smallest absolute Gasteiger partial charge is 0.178 e. The van der Waals surface area contributed by atoms with E-state index < -0.39 is 5.41 Å². The van der Waals surface area contributed by atoms with Gasteiger partial charge in [0.15, 0.2) is 5.78 Å². The molecule has 0 radical (unpaired) electrons. The number of carbonyl (C=O) groups is 2. The zero-order valence-corrected chi connectivity index (χ0v) is 25.2. The van der Waals surface area contributed by atoms with Gasteiger partial charge in [0, 0.05) is 17.8 Å². The molecule has 0 aromatic carbocycles. The summed E-state index contributed by atoms with van der Waals surface area (Å²) < 4.78 is 0. The van der Waals surface area contributed by atoms with Crippen molar-refractivity contribution in [1.29, 1.82) is 5.26 Å². The quantitative estimate of drug-likeness (QED) is 0.355. The minimum absolute atomic E-state index is 0.0160. The highest BCUT2D eigenvalue weighted by Crippen LogP contribution is 2.71. The molecule has 3 aliphatic rings. The Labute approximate surface area is 221 Å². The van der Waals surface area contributed by atoms with Gasteiger partial charge in [0.2, 0.25) is 0 Å². The van der Waals surface area contributed by atoms with Crippen LogP contribution in [0, 0.1) is 61.6 Å². The maximum absolute atomic E-state index is 13.7. The van der Waals surface area contributed by atoms with Crippen LogP contribution in [0.4, 0.5) is 0 Å². The van der Waals surface area contributed by atoms with Gasteiger partial charge < -0.3 is 0 Å². The number of allylic oxidation sites excluding steroid dienone is 2. The third-order valence-electron chi connectivity index (χ3n) is 12.4. The van der Waals surface area contributed by atoms with Crippen LogP contribution < -0.4 is 0 Å². The van der Waals surface area contributed by atoms with Gasteiger partial charge in [0.25, 0.3) is 0 Å². The predicted molar refractivity (Wildman–Crippen MR) is 148 cm³/mol. The molecule has 0 aromatic heterocycles. The number of nitrogens with zero attached hydrogens (tertiary/aromatic N) is 1. The van der Waals surface area contributed by atoms with Crippen molar-refractivity contribution in [2.24, 2.45) is 50.2 Å². The Hall–Kier alpha value is -1.43. The SMILES string of the molecule is CCC(C)(C)CCC(C)(C)CC[C@]1(C)C(C)C(=O)C[C@@H]2[C@@]3(C)C=C(C#N)C(=O)C(C)(C)[C@@H]3CC[C@]21C. The van der Waals surface area contributed by atoms with E-state index in [1.165, 1.54) is 19.3 Å². The van der Waals surface area contributed by atoms with Crippen molar-refractivity contribution in [3.8, 4) is 6.07 Å².